The second-order valence-electron chi connectivity index (χ2n) is 15.3. The van der Waals surface area contributed by atoms with E-state index in [9.17, 15) is 27.6 Å². The van der Waals surface area contributed by atoms with Crippen molar-refractivity contribution in [3.05, 3.63) is 66.7 Å². The SMILES string of the molecule is CN(C)S(=O)(=O)NC(=O)[C@@]12C[C@H]1/C=C\CCCCC[C@H](NC(=O)OC(C)(C)C)C(=O)N1C[C@H](Oc3nc4ccccc4n3-c3ccccc3)C[C@H]1C(=O)N2. The van der Waals surface area contributed by atoms with Crippen molar-refractivity contribution >= 4 is 45.1 Å². The molecule has 1 aromatic heterocycles. The van der Waals surface area contributed by atoms with Crippen molar-refractivity contribution in [2.45, 2.75) is 95.0 Å². The lowest BCUT2D eigenvalue weighted by molar-refractivity contribution is -0.141. The summed E-state index contributed by atoms with van der Waals surface area (Å²) >= 11 is 0. The maximum atomic E-state index is 14.5. The first kappa shape index (κ1) is 38.8. The van der Waals surface area contributed by atoms with Gasteiger partial charge in [-0.15, -0.1) is 0 Å². The van der Waals surface area contributed by atoms with Crippen LogP contribution in [0, 0.1) is 5.92 Å². The van der Waals surface area contributed by atoms with Gasteiger partial charge in [0.15, 0.2) is 0 Å². The first-order valence-corrected chi connectivity index (χ1v) is 19.7. The summed E-state index contributed by atoms with van der Waals surface area (Å²) in [5.41, 5.74) is -0.0738. The number of para-hydroxylation sites is 3. The molecule has 2 aromatic carbocycles. The molecule has 0 bridgehead atoms. The summed E-state index contributed by atoms with van der Waals surface area (Å²) in [6.45, 7) is 5.15. The first-order chi connectivity index (χ1) is 25.6. The molecule has 290 valence electrons. The lowest BCUT2D eigenvalue weighted by atomic mass is 10.0. The molecule has 3 N–H and O–H groups in total. The van der Waals surface area contributed by atoms with Crippen LogP contribution in [0.4, 0.5) is 4.79 Å². The average Bonchev–Trinajstić information content (AvgIpc) is 3.44. The molecule has 5 atom stereocenters. The molecule has 2 aliphatic heterocycles. The summed E-state index contributed by atoms with van der Waals surface area (Å²) in [4.78, 5) is 61.8. The number of benzene rings is 2. The highest BCUT2D eigenvalue weighted by molar-refractivity contribution is 7.87. The summed E-state index contributed by atoms with van der Waals surface area (Å²) in [5, 5.41) is 5.60. The molecule has 1 saturated heterocycles. The fourth-order valence-corrected chi connectivity index (χ4v) is 7.57. The predicted octanol–water partition coefficient (Wildman–Crippen LogP) is 3.58. The Hall–Kier alpha value is -4.96. The van der Waals surface area contributed by atoms with Crippen LogP contribution in [-0.4, -0.2) is 101 Å². The van der Waals surface area contributed by atoms with Crippen molar-refractivity contribution in [1.29, 1.82) is 0 Å². The fourth-order valence-electron chi connectivity index (χ4n) is 6.97. The van der Waals surface area contributed by atoms with E-state index in [1.54, 1.807) is 20.8 Å². The van der Waals surface area contributed by atoms with Gasteiger partial charge in [-0.2, -0.15) is 17.7 Å². The Morgan fingerprint density at radius 1 is 1.02 bits per heavy atom. The first-order valence-electron chi connectivity index (χ1n) is 18.3. The zero-order valence-corrected chi connectivity index (χ0v) is 32.1. The number of nitrogens with one attached hydrogen (secondary N) is 3. The van der Waals surface area contributed by atoms with Crippen molar-refractivity contribution in [1.82, 2.24) is 34.1 Å². The highest BCUT2D eigenvalue weighted by Gasteiger charge is 2.61. The molecular weight excluding hydrogens is 715 g/mol. The standard InChI is InChI=1S/C38H49N7O8S/c1-37(2,3)53-36(49)40-29-20-13-8-6-7-10-16-25-23-38(25,34(48)42-54(50,51)43(4)5)41-32(46)31-22-27(24-44(31)33(29)47)52-35-39-28-19-14-15-21-30(28)45(35)26-17-11-9-12-18-26/h9-12,14-19,21,25,27,29,31H,6-8,13,20,22-24H2,1-5H3,(H,40,49)(H,41,46)(H,42,48)/b16-10-/t25-,27-,29+,31+,38-/m1/s1. The van der Waals surface area contributed by atoms with E-state index in [0.29, 0.717) is 24.8 Å². The minimum absolute atomic E-state index is 0.0288. The van der Waals surface area contributed by atoms with Crippen LogP contribution in [-0.2, 0) is 29.3 Å². The van der Waals surface area contributed by atoms with Gasteiger partial charge < -0.3 is 25.0 Å². The molecular formula is C38H49N7O8S. The monoisotopic (exact) mass is 763 g/mol. The van der Waals surface area contributed by atoms with Crippen molar-refractivity contribution < 1.29 is 37.1 Å². The number of hydrogen-bond donors (Lipinski definition) is 3. The molecule has 54 heavy (non-hydrogen) atoms. The maximum absolute atomic E-state index is 14.5. The lowest BCUT2D eigenvalue weighted by Crippen LogP contribution is -2.58. The van der Waals surface area contributed by atoms with E-state index in [1.807, 2.05) is 71.3 Å². The largest absolute Gasteiger partial charge is 0.459 e. The molecule has 6 rings (SSSR count). The van der Waals surface area contributed by atoms with E-state index < -0.39 is 69.3 Å². The van der Waals surface area contributed by atoms with Gasteiger partial charge in [-0.25, -0.2) is 9.52 Å². The topological polar surface area (TPSA) is 181 Å². The molecule has 3 aliphatic rings. The third-order valence-corrected chi connectivity index (χ3v) is 11.3. The molecule has 4 amide bonds. The Morgan fingerprint density at radius 3 is 2.46 bits per heavy atom. The fraction of sp³-hybridized carbons (Fsp3) is 0.500. The third-order valence-electron chi connectivity index (χ3n) is 9.85. The molecule has 2 fully saturated rings. The average molecular weight is 764 g/mol. The molecule has 3 aromatic rings. The van der Waals surface area contributed by atoms with Gasteiger partial charge in [-0.3, -0.25) is 19.0 Å². The van der Waals surface area contributed by atoms with Crippen LogP contribution in [0.5, 0.6) is 6.01 Å². The number of fused-ring (bicyclic) bond motifs is 3. The number of rotatable bonds is 7. The van der Waals surface area contributed by atoms with Gasteiger partial charge in [0.1, 0.15) is 29.3 Å². The van der Waals surface area contributed by atoms with Crippen LogP contribution < -0.4 is 20.1 Å². The van der Waals surface area contributed by atoms with E-state index >= 15 is 0 Å². The van der Waals surface area contributed by atoms with Crippen LogP contribution in [0.1, 0.15) is 65.7 Å². The molecule has 0 radical (unpaired) electrons. The summed E-state index contributed by atoms with van der Waals surface area (Å²) in [6.07, 6.45) is 5.62. The highest BCUT2D eigenvalue weighted by Crippen LogP contribution is 2.46. The van der Waals surface area contributed by atoms with Gasteiger partial charge >= 0.3 is 22.3 Å². The number of amides is 4. The van der Waals surface area contributed by atoms with Crippen molar-refractivity contribution in [3.63, 3.8) is 0 Å². The number of hydrogen-bond acceptors (Lipinski definition) is 9. The Kier molecular flexibility index (Phi) is 11.1. The van der Waals surface area contributed by atoms with Gasteiger partial charge in [-0.1, -0.05) is 55.3 Å². The molecule has 3 heterocycles. The van der Waals surface area contributed by atoms with Gasteiger partial charge in [0.25, 0.3) is 5.91 Å². The Balaban J connectivity index is 1.35. The van der Waals surface area contributed by atoms with Crippen molar-refractivity contribution in [2.24, 2.45) is 5.92 Å². The van der Waals surface area contributed by atoms with Gasteiger partial charge in [-0.05, 0) is 70.7 Å². The molecule has 1 aliphatic carbocycles. The van der Waals surface area contributed by atoms with Crippen LogP contribution in [0.15, 0.2) is 66.7 Å². The summed E-state index contributed by atoms with van der Waals surface area (Å²) in [6, 6.07) is 15.2. The Morgan fingerprint density at radius 2 is 1.74 bits per heavy atom. The number of alkyl carbamates (subject to hydrolysis) is 1. The van der Waals surface area contributed by atoms with E-state index in [0.717, 1.165) is 28.4 Å². The van der Waals surface area contributed by atoms with Gasteiger partial charge in [0.05, 0.1) is 23.3 Å². The molecule has 0 spiro atoms. The number of aromatic nitrogens is 2. The van der Waals surface area contributed by atoms with Crippen LogP contribution in [0.25, 0.3) is 16.7 Å². The highest BCUT2D eigenvalue weighted by atomic mass is 32.2. The number of ether oxygens (including phenoxy) is 2. The Labute approximate surface area is 315 Å². The maximum Gasteiger partial charge on any atom is 0.408 e. The predicted molar refractivity (Wildman–Crippen MR) is 201 cm³/mol. The minimum atomic E-state index is -4.17. The number of nitrogens with zero attached hydrogens (tertiary/aromatic N) is 4. The quantitative estimate of drug-likeness (QED) is 0.303. The Bertz CT molecular complexity index is 2030. The molecule has 15 nitrogen and oxygen atoms in total. The molecule has 16 heteroatoms. The van der Waals surface area contributed by atoms with Crippen LogP contribution >= 0.6 is 0 Å². The summed E-state index contributed by atoms with van der Waals surface area (Å²) < 4.78 is 42.3. The number of carbonyl (C=O) groups excluding carboxylic acids is 4. The van der Waals surface area contributed by atoms with Gasteiger partial charge in [0, 0.05) is 26.4 Å². The zero-order chi connectivity index (χ0) is 38.8. The normalized spacial score (nSPS) is 25.8. The zero-order valence-electron chi connectivity index (χ0n) is 31.3. The van der Waals surface area contributed by atoms with E-state index in [4.69, 9.17) is 14.5 Å². The van der Waals surface area contributed by atoms with Gasteiger partial charge in [0.2, 0.25) is 11.8 Å². The number of carbonyl (C=O) groups is 4. The van der Waals surface area contributed by atoms with Crippen molar-refractivity contribution in [2.75, 3.05) is 20.6 Å². The van der Waals surface area contributed by atoms with Crippen molar-refractivity contribution in [3.8, 4) is 11.7 Å². The second-order valence-corrected chi connectivity index (χ2v) is 17.2. The van der Waals surface area contributed by atoms with Crippen LogP contribution in [0.3, 0.4) is 0 Å². The molecule has 0 unspecified atom stereocenters. The number of allylic oxidation sites excluding steroid dienone is 1. The van der Waals surface area contributed by atoms with E-state index in [1.165, 1.54) is 19.0 Å². The number of imidazole rings is 1. The summed E-state index contributed by atoms with van der Waals surface area (Å²) in [7, 11) is -1.58. The van der Waals surface area contributed by atoms with E-state index in [-0.39, 0.29) is 25.4 Å². The van der Waals surface area contributed by atoms with E-state index in [2.05, 4.69) is 15.4 Å². The van der Waals surface area contributed by atoms with Crippen LogP contribution in [0.2, 0.25) is 0 Å². The summed E-state index contributed by atoms with van der Waals surface area (Å²) in [5.74, 6) is -2.48. The third kappa shape index (κ3) is 8.54. The molecule has 1 saturated carbocycles. The smallest absolute Gasteiger partial charge is 0.408 e. The lowest BCUT2D eigenvalue weighted by Gasteiger charge is -2.30. The second kappa shape index (κ2) is 15.4. The minimum Gasteiger partial charge on any atom is -0.459 e.